The van der Waals surface area contributed by atoms with Crippen molar-refractivity contribution in [3.05, 3.63) is 33.8 Å². The molecule has 1 aromatic carbocycles. The number of allylic oxidation sites excluding steroid dienone is 1. The first-order valence-corrected chi connectivity index (χ1v) is 5.15. The Kier molecular flexibility index (Phi) is 3.91. The Bertz CT molecular complexity index is 409. The molecule has 0 bridgehead atoms. The van der Waals surface area contributed by atoms with E-state index >= 15 is 0 Å². The van der Waals surface area contributed by atoms with Gasteiger partial charge >= 0.3 is 5.97 Å². The number of anilines is 1. The molecule has 15 heavy (non-hydrogen) atoms. The predicted octanol–water partition coefficient (Wildman–Crippen LogP) is 2.81. The zero-order valence-corrected chi connectivity index (χ0v) is 10.2. The summed E-state index contributed by atoms with van der Waals surface area (Å²) >= 11 is 3.31. The number of carbonyl (C=O) groups is 1. The number of ether oxygens (including phenoxy) is 1. The molecular weight excluding hydrogens is 258 g/mol. The van der Waals surface area contributed by atoms with E-state index < -0.39 is 0 Å². The maximum absolute atomic E-state index is 11.3. The lowest BCUT2D eigenvalue weighted by Gasteiger charge is -2.04. The van der Waals surface area contributed by atoms with Gasteiger partial charge in [-0.05, 0) is 41.2 Å². The van der Waals surface area contributed by atoms with Gasteiger partial charge in [0.25, 0.3) is 0 Å². The van der Waals surface area contributed by atoms with Crippen molar-refractivity contribution in [3.8, 4) is 0 Å². The van der Waals surface area contributed by atoms with Gasteiger partial charge in [-0.15, -0.1) is 0 Å². The number of carbonyl (C=O) groups excluding carboxylic acids is 1. The van der Waals surface area contributed by atoms with E-state index in [1.165, 1.54) is 7.11 Å². The maximum atomic E-state index is 11.3. The number of rotatable bonds is 2. The van der Waals surface area contributed by atoms with E-state index in [0.29, 0.717) is 11.3 Å². The van der Waals surface area contributed by atoms with Crippen LogP contribution in [0.15, 0.2) is 22.7 Å². The lowest BCUT2D eigenvalue weighted by molar-refractivity contribution is 0.0601. The molecular formula is C11H12BrNO2. The summed E-state index contributed by atoms with van der Waals surface area (Å²) in [5, 5.41) is 0. The average Bonchev–Trinajstić information content (AvgIpc) is 2.19. The first-order valence-electron chi connectivity index (χ1n) is 4.36. The summed E-state index contributed by atoms with van der Waals surface area (Å²) in [6.07, 6.45) is 1.85. The fourth-order valence-corrected chi connectivity index (χ4v) is 1.41. The molecule has 1 rings (SSSR count). The van der Waals surface area contributed by atoms with Gasteiger partial charge in [0.2, 0.25) is 0 Å². The zero-order chi connectivity index (χ0) is 11.4. The second kappa shape index (κ2) is 4.98. The van der Waals surface area contributed by atoms with E-state index in [9.17, 15) is 4.79 Å². The van der Waals surface area contributed by atoms with Crippen LogP contribution in [-0.4, -0.2) is 13.1 Å². The SMILES string of the molecule is COC(=O)c1ccc(N)c(/C=C(/C)Br)c1. The molecule has 0 fully saturated rings. The number of halogens is 1. The van der Waals surface area contributed by atoms with Gasteiger partial charge in [-0.25, -0.2) is 4.79 Å². The maximum Gasteiger partial charge on any atom is 0.337 e. The predicted molar refractivity (Wildman–Crippen MR) is 64.8 cm³/mol. The van der Waals surface area contributed by atoms with Crippen molar-refractivity contribution < 1.29 is 9.53 Å². The number of hydrogen-bond acceptors (Lipinski definition) is 3. The lowest BCUT2D eigenvalue weighted by atomic mass is 10.1. The van der Waals surface area contributed by atoms with Crippen LogP contribution < -0.4 is 5.73 Å². The van der Waals surface area contributed by atoms with Crippen molar-refractivity contribution in [3.63, 3.8) is 0 Å². The second-order valence-corrected chi connectivity index (χ2v) is 4.32. The van der Waals surface area contributed by atoms with Crippen molar-refractivity contribution >= 4 is 33.7 Å². The minimum absolute atomic E-state index is 0.364. The summed E-state index contributed by atoms with van der Waals surface area (Å²) in [4.78, 5) is 11.3. The standard InChI is InChI=1S/C11H12BrNO2/c1-7(12)5-9-6-8(11(14)15-2)3-4-10(9)13/h3-6H,13H2,1-2H3/b7-5-. The second-order valence-electron chi connectivity index (χ2n) is 3.07. The fraction of sp³-hybridized carbons (Fsp3) is 0.182. The third-order valence-electron chi connectivity index (χ3n) is 1.86. The Balaban J connectivity index is 3.16. The molecule has 0 saturated heterocycles. The molecule has 0 spiro atoms. The van der Waals surface area contributed by atoms with Crippen LogP contribution >= 0.6 is 15.9 Å². The van der Waals surface area contributed by atoms with E-state index in [0.717, 1.165) is 10.0 Å². The van der Waals surface area contributed by atoms with Crippen LogP contribution in [0.1, 0.15) is 22.8 Å². The van der Waals surface area contributed by atoms with Gasteiger partial charge in [-0.3, -0.25) is 0 Å². The van der Waals surface area contributed by atoms with Crippen molar-refractivity contribution in [2.24, 2.45) is 0 Å². The summed E-state index contributed by atoms with van der Waals surface area (Å²) in [5.74, 6) is -0.364. The Morgan fingerprint density at radius 1 is 1.53 bits per heavy atom. The van der Waals surface area contributed by atoms with Crippen LogP contribution in [0.5, 0.6) is 0 Å². The highest BCUT2D eigenvalue weighted by molar-refractivity contribution is 9.11. The van der Waals surface area contributed by atoms with Gasteiger partial charge in [0.1, 0.15) is 0 Å². The van der Waals surface area contributed by atoms with E-state index in [1.54, 1.807) is 18.2 Å². The van der Waals surface area contributed by atoms with E-state index in [1.807, 2.05) is 13.0 Å². The van der Waals surface area contributed by atoms with E-state index in [-0.39, 0.29) is 5.97 Å². The highest BCUT2D eigenvalue weighted by Gasteiger charge is 2.06. The number of nitrogens with two attached hydrogens (primary N) is 1. The van der Waals surface area contributed by atoms with Crippen LogP contribution in [-0.2, 0) is 4.74 Å². The molecule has 3 nitrogen and oxygen atoms in total. The molecule has 0 atom stereocenters. The first-order chi connectivity index (χ1) is 7.04. The molecule has 80 valence electrons. The number of methoxy groups -OCH3 is 1. The van der Waals surface area contributed by atoms with Gasteiger partial charge < -0.3 is 10.5 Å². The summed E-state index contributed by atoms with van der Waals surface area (Å²) in [6.45, 7) is 1.89. The van der Waals surface area contributed by atoms with Crippen LogP contribution in [0.25, 0.3) is 6.08 Å². The van der Waals surface area contributed by atoms with Gasteiger partial charge in [0.15, 0.2) is 0 Å². The molecule has 0 aliphatic carbocycles. The third-order valence-corrected chi connectivity index (χ3v) is 2.09. The minimum Gasteiger partial charge on any atom is -0.465 e. The normalized spacial score (nSPS) is 11.3. The topological polar surface area (TPSA) is 52.3 Å². The molecule has 0 amide bonds. The number of nitrogen functional groups attached to an aromatic ring is 1. The van der Waals surface area contributed by atoms with Crippen molar-refractivity contribution in [1.29, 1.82) is 0 Å². The number of benzene rings is 1. The average molecular weight is 270 g/mol. The quantitative estimate of drug-likeness (QED) is 0.664. The Morgan fingerprint density at radius 2 is 2.20 bits per heavy atom. The van der Waals surface area contributed by atoms with Crippen molar-refractivity contribution in [2.45, 2.75) is 6.92 Å². The van der Waals surface area contributed by atoms with Crippen LogP contribution in [0.2, 0.25) is 0 Å². The first kappa shape index (κ1) is 11.8. The molecule has 0 aromatic heterocycles. The lowest BCUT2D eigenvalue weighted by Crippen LogP contribution is -2.02. The van der Waals surface area contributed by atoms with Crippen molar-refractivity contribution in [2.75, 3.05) is 12.8 Å². The van der Waals surface area contributed by atoms with Gasteiger partial charge in [-0.1, -0.05) is 15.9 Å². The highest BCUT2D eigenvalue weighted by Crippen LogP contribution is 2.19. The minimum atomic E-state index is -0.364. The van der Waals surface area contributed by atoms with Crippen molar-refractivity contribution in [1.82, 2.24) is 0 Å². The summed E-state index contributed by atoms with van der Waals surface area (Å²) in [7, 11) is 1.35. The third kappa shape index (κ3) is 3.09. The monoisotopic (exact) mass is 269 g/mol. The molecule has 0 saturated carbocycles. The Hall–Kier alpha value is -1.29. The molecule has 0 radical (unpaired) electrons. The molecule has 0 aliphatic heterocycles. The highest BCUT2D eigenvalue weighted by atomic mass is 79.9. The molecule has 0 unspecified atom stereocenters. The molecule has 0 aliphatic rings. The summed E-state index contributed by atoms with van der Waals surface area (Å²) in [5.41, 5.74) is 7.68. The Morgan fingerprint density at radius 3 is 2.73 bits per heavy atom. The van der Waals surface area contributed by atoms with E-state index in [4.69, 9.17) is 5.73 Å². The molecule has 2 N–H and O–H groups in total. The van der Waals surface area contributed by atoms with Crippen LogP contribution in [0, 0.1) is 0 Å². The molecule has 1 aromatic rings. The summed E-state index contributed by atoms with van der Waals surface area (Å²) in [6, 6.07) is 5.03. The molecule has 0 heterocycles. The van der Waals surface area contributed by atoms with Gasteiger partial charge in [-0.2, -0.15) is 0 Å². The number of hydrogen-bond donors (Lipinski definition) is 1. The summed E-state index contributed by atoms with van der Waals surface area (Å²) < 4.78 is 5.56. The van der Waals surface area contributed by atoms with Gasteiger partial charge in [0.05, 0.1) is 12.7 Å². The van der Waals surface area contributed by atoms with E-state index in [2.05, 4.69) is 20.7 Å². The molecule has 4 heteroatoms. The smallest absolute Gasteiger partial charge is 0.337 e. The zero-order valence-electron chi connectivity index (χ0n) is 8.58. The van der Waals surface area contributed by atoms with Crippen LogP contribution in [0.3, 0.4) is 0 Å². The fourth-order valence-electron chi connectivity index (χ4n) is 1.16. The Labute approximate surface area is 97.0 Å². The van der Waals surface area contributed by atoms with Crippen LogP contribution in [0.4, 0.5) is 5.69 Å². The van der Waals surface area contributed by atoms with Gasteiger partial charge in [0, 0.05) is 5.69 Å². The largest absolute Gasteiger partial charge is 0.465 e. The number of esters is 1.